The third-order valence-electron chi connectivity index (χ3n) is 1.51. The molecule has 0 amide bonds. The summed E-state index contributed by atoms with van der Waals surface area (Å²) in [6.45, 7) is 2.56. The predicted octanol–water partition coefficient (Wildman–Crippen LogP) is 2.27. The Morgan fingerprint density at radius 1 is 1.36 bits per heavy atom. The van der Waals surface area contributed by atoms with Gasteiger partial charge in [0.05, 0.1) is 0 Å². The summed E-state index contributed by atoms with van der Waals surface area (Å²) in [5.74, 6) is -1.76. The topological polar surface area (TPSA) is 24.1 Å². The number of rotatable bonds is 2. The quantitative estimate of drug-likeness (QED) is 0.742. The fourth-order valence-corrected chi connectivity index (χ4v) is 1.17. The zero-order chi connectivity index (χ0) is 10.6. The molecule has 0 fully saturated rings. The molecule has 76 valence electrons. The molecule has 0 aliphatic rings. The molecule has 14 heavy (non-hydrogen) atoms. The standard InChI is InChI=1S/C9H10F2N2S/c1-2-12-9(14)13-6-3-4-7(10)8(11)5-6/h3-5H,2H2,1H3,(H2,12,13,14). The second-order valence-corrected chi connectivity index (χ2v) is 3.02. The summed E-state index contributed by atoms with van der Waals surface area (Å²) in [5, 5.41) is 5.94. The van der Waals surface area contributed by atoms with Gasteiger partial charge in [-0.2, -0.15) is 0 Å². The van der Waals surface area contributed by atoms with Crippen molar-refractivity contribution in [2.75, 3.05) is 11.9 Å². The maximum Gasteiger partial charge on any atom is 0.170 e. The van der Waals surface area contributed by atoms with Gasteiger partial charge in [-0.1, -0.05) is 0 Å². The first kappa shape index (κ1) is 10.8. The molecule has 0 bridgehead atoms. The number of hydrogen-bond acceptors (Lipinski definition) is 1. The first-order valence-electron chi connectivity index (χ1n) is 4.13. The van der Waals surface area contributed by atoms with Crippen LogP contribution in [0, 0.1) is 11.6 Å². The lowest BCUT2D eigenvalue weighted by molar-refractivity contribution is 0.509. The van der Waals surface area contributed by atoms with Crippen LogP contribution < -0.4 is 10.6 Å². The van der Waals surface area contributed by atoms with Crippen LogP contribution in [0.2, 0.25) is 0 Å². The highest BCUT2D eigenvalue weighted by Crippen LogP contribution is 2.12. The van der Waals surface area contributed by atoms with Crippen molar-refractivity contribution in [3.05, 3.63) is 29.8 Å². The molecule has 0 heterocycles. The van der Waals surface area contributed by atoms with E-state index >= 15 is 0 Å². The Labute approximate surface area is 86.3 Å². The number of anilines is 1. The molecular weight excluding hydrogens is 206 g/mol. The molecule has 0 aliphatic heterocycles. The van der Waals surface area contributed by atoms with Crippen molar-refractivity contribution >= 4 is 23.0 Å². The van der Waals surface area contributed by atoms with Gasteiger partial charge in [-0.3, -0.25) is 0 Å². The molecule has 1 aromatic carbocycles. The Bertz CT molecular complexity index is 342. The van der Waals surface area contributed by atoms with Crippen LogP contribution in [0.3, 0.4) is 0 Å². The van der Waals surface area contributed by atoms with Gasteiger partial charge in [0.1, 0.15) is 0 Å². The van der Waals surface area contributed by atoms with Gasteiger partial charge in [-0.25, -0.2) is 8.78 Å². The molecule has 0 spiro atoms. The van der Waals surface area contributed by atoms with E-state index in [1.165, 1.54) is 6.07 Å². The molecule has 2 nitrogen and oxygen atoms in total. The fraction of sp³-hybridized carbons (Fsp3) is 0.222. The van der Waals surface area contributed by atoms with Gasteiger partial charge in [0.2, 0.25) is 0 Å². The molecule has 0 aromatic heterocycles. The molecule has 0 radical (unpaired) electrons. The van der Waals surface area contributed by atoms with Gasteiger partial charge in [-0.15, -0.1) is 0 Å². The lowest BCUT2D eigenvalue weighted by Gasteiger charge is -2.08. The maximum atomic E-state index is 12.7. The van der Waals surface area contributed by atoms with Gasteiger partial charge >= 0.3 is 0 Å². The molecule has 0 aliphatic carbocycles. The molecule has 0 saturated heterocycles. The van der Waals surface area contributed by atoms with Crippen LogP contribution in [0.15, 0.2) is 18.2 Å². The highest BCUT2D eigenvalue weighted by atomic mass is 32.1. The molecule has 1 aromatic rings. The molecular formula is C9H10F2N2S. The van der Waals surface area contributed by atoms with Crippen molar-refractivity contribution in [1.82, 2.24) is 5.32 Å². The van der Waals surface area contributed by atoms with Crippen LogP contribution in [0.25, 0.3) is 0 Å². The van der Waals surface area contributed by atoms with Crippen LogP contribution in [0.5, 0.6) is 0 Å². The fourth-order valence-electron chi connectivity index (χ4n) is 0.910. The summed E-state index contributed by atoms with van der Waals surface area (Å²) in [6.07, 6.45) is 0. The number of benzene rings is 1. The Morgan fingerprint density at radius 3 is 2.64 bits per heavy atom. The van der Waals surface area contributed by atoms with Crippen LogP contribution in [-0.4, -0.2) is 11.7 Å². The largest absolute Gasteiger partial charge is 0.363 e. The van der Waals surface area contributed by atoms with Crippen LogP contribution in [0.1, 0.15) is 6.92 Å². The third kappa shape index (κ3) is 2.92. The molecule has 0 atom stereocenters. The van der Waals surface area contributed by atoms with Gasteiger partial charge in [0.25, 0.3) is 0 Å². The predicted molar refractivity (Wildman–Crippen MR) is 56.3 cm³/mol. The highest BCUT2D eigenvalue weighted by Gasteiger charge is 2.02. The highest BCUT2D eigenvalue weighted by molar-refractivity contribution is 7.80. The summed E-state index contributed by atoms with van der Waals surface area (Å²) >= 11 is 4.87. The number of hydrogen-bond donors (Lipinski definition) is 2. The summed E-state index contributed by atoms with van der Waals surface area (Å²) in [7, 11) is 0. The Balaban J connectivity index is 2.68. The van der Waals surface area contributed by atoms with E-state index in [1.807, 2.05) is 6.92 Å². The summed E-state index contributed by atoms with van der Waals surface area (Å²) < 4.78 is 25.3. The minimum Gasteiger partial charge on any atom is -0.363 e. The van der Waals surface area contributed by atoms with Gasteiger partial charge in [-0.05, 0) is 31.3 Å². The first-order valence-corrected chi connectivity index (χ1v) is 4.54. The lowest BCUT2D eigenvalue weighted by Crippen LogP contribution is -2.27. The molecule has 2 N–H and O–H groups in total. The van der Waals surface area contributed by atoms with Crippen molar-refractivity contribution in [2.24, 2.45) is 0 Å². The SMILES string of the molecule is CCNC(=S)Nc1ccc(F)c(F)c1. The molecule has 0 saturated carbocycles. The molecule has 1 rings (SSSR count). The lowest BCUT2D eigenvalue weighted by atomic mass is 10.3. The number of thiocarbonyl (C=S) groups is 1. The molecule has 0 unspecified atom stereocenters. The van der Waals surface area contributed by atoms with E-state index in [0.717, 1.165) is 12.1 Å². The normalized spacial score (nSPS) is 9.64. The van der Waals surface area contributed by atoms with Crippen molar-refractivity contribution in [2.45, 2.75) is 6.92 Å². The molecule has 5 heteroatoms. The average Bonchev–Trinajstić information content (AvgIpc) is 2.12. The Kier molecular flexibility index (Phi) is 3.76. The summed E-state index contributed by atoms with van der Waals surface area (Å²) in [4.78, 5) is 0. The first-order chi connectivity index (χ1) is 6.63. The summed E-state index contributed by atoms with van der Waals surface area (Å²) in [6, 6.07) is 3.52. The smallest absolute Gasteiger partial charge is 0.170 e. The van der Waals surface area contributed by atoms with E-state index in [1.54, 1.807) is 0 Å². The Hall–Kier alpha value is -1.23. The van der Waals surface area contributed by atoms with Crippen molar-refractivity contribution < 1.29 is 8.78 Å². The van der Waals surface area contributed by atoms with Crippen molar-refractivity contribution in [1.29, 1.82) is 0 Å². The second kappa shape index (κ2) is 4.85. The minimum absolute atomic E-state index is 0.388. The van der Waals surface area contributed by atoms with E-state index in [-0.39, 0.29) is 0 Å². The third-order valence-corrected chi connectivity index (χ3v) is 1.76. The van der Waals surface area contributed by atoms with Gasteiger partial charge < -0.3 is 10.6 Å². The van der Waals surface area contributed by atoms with E-state index in [2.05, 4.69) is 10.6 Å². The zero-order valence-electron chi connectivity index (χ0n) is 7.60. The zero-order valence-corrected chi connectivity index (χ0v) is 8.42. The van der Waals surface area contributed by atoms with Crippen LogP contribution in [-0.2, 0) is 0 Å². The number of halogens is 2. The van der Waals surface area contributed by atoms with Crippen LogP contribution >= 0.6 is 12.2 Å². The van der Waals surface area contributed by atoms with Crippen molar-refractivity contribution in [3.8, 4) is 0 Å². The second-order valence-electron chi connectivity index (χ2n) is 2.61. The maximum absolute atomic E-state index is 12.7. The van der Waals surface area contributed by atoms with Gasteiger partial charge in [0, 0.05) is 18.3 Å². The monoisotopic (exact) mass is 216 g/mol. The number of nitrogens with one attached hydrogen (secondary N) is 2. The average molecular weight is 216 g/mol. The Morgan fingerprint density at radius 2 is 2.07 bits per heavy atom. The minimum atomic E-state index is -0.894. The van der Waals surface area contributed by atoms with E-state index in [4.69, 9.17) is 12.2 Å². The van der Waals surface area contributed by atoms with Gasteiger partial charge in [0.15, 0.2) is 16.7 Å². The van der Waals surface area contributed by atoms with E-state index < -0.39 is 11.6 Å². The summed E-state index contributed by atoms with van der Waals surface area (Å²) in [5.41, 5.74) is 0.426. The van der Waals surface area contributed by atoms with Crippen molar-refractivity contribution in [3.63, 3.8) is 0 Å². The van der Waals surface area contributed by atoms with Crippen LogP contribution in [0.4, 0.5) is 14.5 Å². The van der Waals surface area contributed by atoms with E-state index in [0.29, 0.717) is 17.3 Å². The van der Waals surface area contributed by atoms with E-state index in [9.17, 15) is 8.78 Å².